The highest BCUT2D eigenvalue weighted by atomic mass is 32.1. The van der Waals surface area contributed by atoms with Crippen LogP contribution in [0.25, 0.3) is 0 Å². The Kier molecular flexibility index (Phi) is 6.67. The third kappa shape index (κ3) is 6.91. The Morgan fingerprint density at radius 3 is 1.97 bits per heavy atom. The molecule has 0 heterocycles. The van der Waals surface area contributed by atoms with E-state index in [9.17, 15) is 30.7 Å². The van der Waals surface area contributed by atoms with Gasteiger partial charge in [-0.05, 0) is 62.5 Å². The highest BCUT2D eigenvalue weighted by Crippen LogP contribution is 2.36. The molecule has 0 spiro atoms. The van der Waals surface area contributed by atoms with E-state index in [1.54, 1.807) is 6.07 Å². The average Bonchev–Trinajstić information content (AvgIpc) is 2.58. The van der Waals surface area contributed by atoms with Crippen molar-refractivity contribution >= 4 is 23.0 Å². The van der Waals surface area contributed by atoms with Crippen molar-refractivity contribution in [1.82, 2.24) is 5.32 Å². The molecule has 160 valence electrons. The molecule has 30 heavy (non-hydrogen) atoms. The summed E-state index contributed by atoms with van der Waals surface area (Å²) in [6.07, 6.45) is -9.91. The van der Waals surface area contributed by atoms with Crippen molar-refractivity contribution in [1.29, 1.82) is 0 Å². The Morgan fingerprint density at radius 2 is 1.47 bits per heavy atom. The fourth-order valence-electron chi connectivity index (χ4n) is 2.30. The first-order valence-electron chi connectivity index (χ1n) is 8.33. The molecule has 0 radical (unpaired) electrons. The van der Waals surface area contributed by atoms with Crippen molar-refractivity contribution in [3.05, 3.63) is 65.0 Å². The fourth-order valence-corrected chi connectivity index (χ4v) is 2.67. The zero-order chi connectivity index (χ0) is 22.7. The minimum absolute atomic E-state index is 0.0343. The lowest BCUT2D eigenvalue weighted by atomic mass is 10.0. The minimum Gasteiger partial charge on any atom is -0.347 e. The molecular formula is C20H15F7N2S. The molecule has 2 rings (SSSR count). The maximum absolute atomic E-state index is 13.2. The number of benzene rings is 2. The van der Waals surface area contributed by atoms with Gasteiger partial charge in [-0.1, -0.05) is 17.9 Å². The lowest BCUT2D eigenvalue weighted by Gasteiger charge is -2.22. The molecule has 0 aliphatic rings. The van der Waals surface area contributed by atoms with Gasteiger partial charge in [0.1, 0.15) is 5.82 Å². The number of alkyl halides is 6. The van der Waals surface area contributed by atoms with E-state index in [0.29, 0.717) is 17.8 Å². The topological polar surface area (TPSA) is 24.1 Å². The maximum Gasteiger partial charge on any atom is 0.416 e. The molecule has 0 atom stereocenters. The van der Waals surface area contributed by atoms with E-state index >= 15 is 0 Å². The summed E-state index contributed by atoms with van der Waals surface area (Å²) in [5.74, 6) is 4.40. The SMILES string of the molecule is CC(C)(C#Cc1cc(C(F)(F)F)cc(C(F)(F)F)c1)NC(=S)Nc1cccc(F)c1. The van der Waals surface area contributed by atoms with Gasteiger partial charge < -0.3 is 10.6 Å². The number of anilines is 1. The highest BCUT2D eigenvalue weighted by molar-refractivity contribution is 7.80. The number of halogens is 7. The standard InChI is InChI=1S/C20H15F7N2S/c1-18(2,29-17(30)28-16-5-3-4-15(21)11-16)7-6-12-8-13(19(22,23)24)10-14(9-12)20(25,26)27/h3-5,8-11H,1-2H3,(H2,28,29,30). The van der Waals surface area contributed by atoms with Crippen LogP contribution in [0.5, 0.6) is 0 Å². The normalized spacial score (nSPS) is 12.0. The van der Waals surface area contributed by atoms with E-state index < -0.39 is 40.4 Å². The van der Waals surface area contributed by atoms with Crippen LogP contribution in [0.3, 0.4) is 0 Å². The summed E-state index contributed by atoms with van der Waals surface area (Å²) < 4.78 is 90.8. The smallest absolute Gasteiger partial charge is 0.347 e. The Morgan fingerprint density at radius 1 is 0.900 bits per heavy atom. The van der Waals surface area contributed by atoms with Crippen molar-refractivity contribution in [2.75, 3.05) is 5.32 Å². The molecule has 0 fully saturated rings. The Hall–Kier alpha value is -2.80. The Labute approximate surface area is 173 Å². The second-order valence-corrected chi connectivity index (χ2v) is 7.17. The first-order chi connectivity index (χ1) is 13.7. The van der Waals surface area contributed by atoms with Gasteiger partial charge in [-0.3, -0.25) is 0 Å². The monoisotopic (exact) mass is 448 g/mol. The number of nitrogens with one attached hydrogen (secondary N) is 2. The van der Waals surface area contributed by atoms with Crippen LogP contribution in [-0.2, 0) is 12.4 Å². The molecule has 0 unspecified atom stereocenters. The molecule has 0 amide bonds. The van der Waals surface area contributed by atoms with Crippen LogP contribution in [0.1, 0.15) is 30.5 Å². The number of hydrogen-bond donors (Lipinski definition) is 2. The molecule has 2 nitrogen and oxygen atoms in total. The van der Waals surface area contributed by atoms with Crippen molar-refractivity contribution in [2.24, 2.45) is 0 Å². The van der Waals surface area contributed by atoms with Gasteiger partial charge in [0.15, 0.2) is 5.11 Å². The van der Waals surface area contributed by atoms with Crippen molar-refractivity contribution in [3.8, 4) is 11.8 Å². The van der Waals surface area contributed by atoms with E-state index in [4.69, 9.17) is 12.2 Å². The molecule has 10 heteroatoms. The van der Waals surface area contributed by atoms with Gasteiger partial charge >= 0.3 is 12.4 Å². The van der Waals surface area contributed by atoms with Crippen molar-refractivity contribution in [2.45, 2.75) is 31.7 Å². The van der Waals surface area contributed by atoms with E-state index in [2.05, 4.69) is 22.5 Å². The third-order valence-electron chi connectivity index (χ3n) is 3.62. The fraction of sp³-hybridized carbons (Fsp3) is 0.250. The zero-order valence-electron chi connectivity index (χ0n) is 15.6. The lowest BCUT2D eigenvalue weighted by molar-refractivity contribution is -0.143. The predicted molar refractivity (Wildman–Crippen MR) is 103 cm³/mol. The molecule has 0 aliphatic heterocycles. The largest absolute Gasteiger partial charge is 0.416 e. The lowest BCUT2D eigenvalue weighted by Crippen LogP contribution is -2.44. The summed E-state index contributed by atoms with van der Waals surface area (Å²) >= 11 is 5.09. The summed E-state index contributed by atoms with van der Waals surface area (Å²) in [7, 11) is 0. The number of thiocarbonyl (C=S) groups is 1. The van der Waals surface area contributed by atoms with Crippen LogP contribution in [0.4, 0.5) is 36.4 Å². The number of hydrogen-bond acceptors (Lipinski definition) is 1. The summed E-state index contributed by atoms with van der Waals surface area (Å²) in [5, 5.41) is 5.52. The first-order valence-corrected chi connectivity index (χ1v) is 8.74. The maximum atomic E-state index is 13.2. The number of rotatable bonds is 2. The Bertz CT molecular complexity index is 966. The van der Waals surface area contributed by atoms with Crippen LogP contribution >= 0.6 is 12.2 Å². The first kappa shape index (κ1) is 23.5. The van der Waals surface area contributed by atoms with E-state index in [1.807, 2.05) is 0 Å². The minimum atomic E-state index is -4.96. The van der Waals surface area contributed by atoms with Crippen molar-refractivity contribution < 1.29 is 30.7 Å². The summed E-state index contributed by atoms with van der Waals surface area (Å²) in [5.41, 5.74) is -4.12. The predicted octanol–water partition coefficient (Wildman–Crippen LogP) is 5.98. The van der Waals surface area contributed by atoms with Crippen LogP contribution in [-0.4, -0.2) is 10.7 Å². The van der Waals surface area contributed by atoms with Gasteiger partial charge in [0.2, 0.25) is 0 Å². The zero-order valence-corrected chi connectivity index (χ0v) is 16.4. The highest BCUT2D eigenvalue weighted by Gasteiger charge is 2.36. The Balaban J connectivity index is 2.25. The average molecular weight is 448 g/mol. The summed E-state index contributed by atoms with van der Waals surface area (Å²) in [4.78, 5) is 0. The molecule has 0 aromatic heterocycles. The molecule has 0 saturated heterocycles. The van der Waals surface area contributed by atoms with E-state index in [1.165, 1.54) is 32.0 Å². The molecular weight excluding hydrogens is 433 g/mol. The van der Waals surface area contributed by atoms with Gasteiger partial charge in [0.25, 0.3) is 0 Å². The van der Waals surface area contributed by atoms with Gasteiger partial charge in [-0.25, -0.2) is 4.39 Å². The van der Waals surface area contributed by atoms with Gasteiger partial charge in [0.05, 0.1) is 16.7 Å². The second-order valence-electron chi connectivity index (χ2n) is 6.76. The van der Waals surface area contributed by atoms with Crippen LogP contribution in [0, 0.1) is 17.7 Å². The summed E-state index contributed by atoms with van der Waals surface area (Å²) in [6, 6.07) is 6.55. The molecule has 0 saturated carbocycles. The molecule has 2 N–H and O–H groups in total. The van der Waals surface area contributed by atoms with Crippen LogP contribution < -0.4 is 10.6 Å². The summed E-state index contributed by atoms with van der Waals surface area (Å²) in [6.45, 7) is 3.05. The molecule has 2 aromatic rings. The van der Waals surface area contributed by atoms with Gasteiger partial charge in [0, 0.05) is 11.3 Å². The third-order valence-corrected chi connectivity index (χ3v) is 3.82. The van der Waals surface area contributed by atoms with Crippen LogP contribution in [0.15, 0.2) is 42.5 Å². The van der Waals surface area contributed by atoms with Gasteiger partial charge in [-0.2, -0.15) is 26.3 Å². The quantitative estimate of drug-likeness (QED) is 0.336. The second kappa shape index (κ2) is 8.52. The molecule has 0 aliphatic carbocycles. The molecule has 0 bridgehead atoms. The molecule has 2 aromatic carbocycles. The van der Waals surface area contributed by atoms with Crippen molar-refractivity contribution in [3.63, 3.8) is 0 Å². The van der Waals surface area contributed by atoms with Crippen LogP contribution in [0.2, 0.25) is 0 Å². The van der Waals surface area contributed by atoms with E-state index in [0.717, 1.165) is 0 Å². The van der Waals surface area contributed by atoms with E-state index in [-0.39, 0.29) is 11.2 Å². The van der Waals surface area contributed by atoms with Gasteiger partial charge in [-0.15, -0.1) is 0 Å².